The van der Waals surface area contributed by atoms with Crippen molar-refractivity contribution in [1.82, 2.24) is 52.5 Å². The van der Waals surface area contributed by atoms with E-state index < -0.39 is 163 Å². The molecule has 2 aromatic rings. The number of hydrogen-bond donors (Lipinski definition) is 16. The zero-order valence-electron chi connectivity index (χ0n) is 41.9. The average molecular weight is 1060 g/mol. The van der Waals surface area contributed by atoms with Crippen molar-refractivity contribution in [3.63, 3.8) is 0 Å². The van der Waals surface area contributed by atoms with E-state index in [-0.39, 0.29) is 30.0 Å². The summed E-state index contributed by atoms with van der Waals surface area (Å²) in [6.45, 7) is 8.90. The Morgan fingerprint density at radius 3 is 1.61 bits per heavy atom. The first kappa shape index (κ1) is 62.8. The monoisotopic (exact) mass is 1060 g/mol. The number of phenols is 1. The summed E-state index contributed by atoms with van der Waals surface area (Å²) in [5, 5.41) is 59.0. The summed E-state index contributed by atoms with van der Waals surface area (Å²) in [5.74, 6) is -12.7. The number of aromatic nitrogens is 2. The minimum Gasteiger partial charge on any atom is -0.508 e. The summed E-state index contributed by atoms with van der Waals surface area (Å²) >= 11 is 4.00. The summed E-state index contributed by atoms with van der Waals surface area (Å²) in [7, 11) is 0. The number of carboxylic acids is 2. The van der Waals surface area contributed by atoms with Gasteiger partial charge in [-0.05, 0) is 56.2 Å². The van der Waals surface area contributed by atoms with Crippen molar-refractivity contribution in [2.45, 2.75) is 147 Å². The number of nitrogens with one attached hydrogen (secondary N) is 9. The van der Waals surface area contributed by atoms with Crippen LogP contribution in [0, 0.1) is 11.8 Å². The van der Waals surface area contributed by atoms with E-state index in [1.165, 1.54) is 57.6 Å². The van der Waals surface area contributed by atoms with Gasteiger partial charge in [0.1, 0.15) is 54.1 Å². The fraction of sp³-hybridized carbons (Fsp3) is 0.565. The van der Waals surface area contributed by atoms with Gasteiger partial charge in [-0.25, -0.2) is 9.78 Å². The van der Waals surface area contributed by atoms with Crippen LogP contribution < -0.4 is 54.0 Å². The number of phenolic OH excluding ortho intramolecular Hbond substituents is 1. The number of imidazole rings is 1. The van der Waals surface area contributed by atoms with Gasteiger partial charge in [-0.15, -0.1) is 0 Å². The Kier molecular flexibility index (Phi) is 26.0. The van der Waals surface area contributed by atoms with Crippen LogP contribution in [-0.2, 0) is 65.6 Å². The lowest BCUT2D eigenvalue weighted by molar-refractivity contribution is -0.144. The molecule has 0 radical (unpaired) electrons. The normalized spacial score (nSPS) is 15.6. The Balaban J connectivity index is 2.51. The fourth-order valence-electron chi connectivity index (χ4n) is 6.94. The molecule has 11 atom stereocenters. The van der Waals surface area contributed by atoms with Crippen LogP contribution in [0.5, 0.6) is 5.75 Å². The molecule has 1 heterocycles. The number of nitrogens with two attached hydrogens (primary N) is 2. The number of aromatic hydroxyl groups is 1. The minimum atomic E-state index is -1.73. The van der Waals surface area contributed by atoms with E-state index in [1.807, 2.05) is 0 Å². The van der Waals surface area contributed by atoms with Crippen LogP contribution in [0.2, 0.25) is 0 Å². The van der Waals surface area contributed by atoms with Gasteiger partial charge < -0.3 is 79.4 Å². The summed E-state index contributed by atoms with van der Waals surface area (Å²) < 4.78 is 0. The van der Waals surface area contributed by atoms with Crippen LogP contribution in [0.4, 0.5) is 0 Å². The maximum atomic E-state index is 14.4. The van der Waals surface area contributed by atoms with Gasteiger partial charge in [-0.3, -0.25) is 47.9 Å². The van der Waals surface area contributed by atoms with Gasteiger partial charge >= 0.3 is 11.9 Å². The molecule has 0 aliphatic carbocycles. The molecule has 27 nitrogen and oxygen atoms in total. The third kappa shape index (κ3) is 21.0. The van der Waals surface area contributed by atoms with Crippen LogP contribution in [-0.4, -0.2) is 162 Å². The number of H-pyrrole nitrogens is 1. The number of nitrogens with zero attached hydrogens (tertiary/aromatic N) is 1. The number of aromatic amines is 1. The highest BCUT2D eigenvalue weighted by Crippen LogP contribution is 2.14. The van der Waals surface area contributed by atoms with Crippen molar-refractivity contribution in [2.24, 2.45) is 23.3 Å². The molecule has 17 N–H and O–H groups in total. The highest BCUT2D eigenvalue weighted by Gasteiger charge is 2.37. The molecule has 28 heteroatoms. The first-order valence-corrected chi connectivity index (χ1v) is 24.3. The Bertz CT molecular complexity index is 2270. The molecule has 0 spiro atoms. The standard InChI is InChI=1S/C46H70N12O15S/c1-7-22(4)36(57-39(65)28(47)19-74)44(70)51-23(5)38(64)52-30(13-15-34(62)63)40(66)53-29(12-14-33(48)61)41(67)54-31(16-25-8-10-27(60)11-9-25)42(68)55-32(17-26-18-49-20-50-26)43(69)58-37(24(6)59)45(71)56-35(21(2)3)46(72)73/h8-11,18,20-24,28-32,35-37,59-60,74H,7,12-17,19,47H2,1-6H3,(H2,48,61)(H,49,50)(H,51,70)(H,52,64)(H,53,66)(H,54,67)(H,55,68)(H,56,71)(H,57,65)(H,58,69)(H,62,63)(H,72,73)/t22-,23-,24+,28-,29-,30-,31-,32-,35-,36-,37-/m0/s1. The molecule has 410 valence electrons. The van der Waals surface area contributed by atoms with Crippen molar-refractivity contribution in [3.8, 4) is 5.75 Å². The molecule has 9 amide bonds. The van der Waals surface area contributed by atoms with Crippen molar-refractivity contribution in [2.75, 3.05) is 5.75 Å². The molecular formula is C46H70N12O15S. The van der Waals surface area contributed by atoms with Crippen molar-refractivity contribution in [1.29, 1.82) is 0 Å². The molecule has 1 aromatic heterocycles. The van der Waals surface area contributed by atoms with E-state index in [0.29, 0.717) is 12.0 Å². The van der Waals surface area contributed by atoms with Crippen LogP contribution in [0.25, 0.3) is 0 Å². The summed E-state index contributed by atoms with van der Waals surface area (Å²) in [6, 6.07) is -7.96. The molecule has 0 saturated heterocycles. The van der Waals surface area contributed by atoms with Crippen LogP contribution in [0.15, 0.2) is 36.8 Å². The van der Waals surface area contributed by atoms with E-state index in [4.69, 9.17) is 11.5 Å². The van der Waals surface area contributed by atoms with Gasteiger partial charge in [0.05, 0.1) is 18.5 Å². The smallest absolute Gasteiger partial charge is 0.326 e. The first-order chi connectivity index (χ1) is 34.7. The molecule has 2 rings (SSSR count). The van der Waals surface area contributed by atoms with Crippen molar-refractivity contribution < 1.29 is 73.2 Å². The second-order valence-corrected chi connectivity index (χ2v) is 18.4. The average Bonchev–Trinajstić information content (AvgIpc) is 3.86. The lowest BCUT2D eigenvalue weighted by atomic mass is 9.97. The fourth-order valence-corrected chi connectivity index (χ4v) is 7.10. The second kappa shape index (κ2) is 30.6. The zero-order valence-corrected chi connectivity index (χ0v) is 42.8. The zero-order chi connectivity index (χ0) is 56.0. The Morgan fingerprint density at radius 2 is 1.12 bits per heavy atom. The first-order valence-electron chi connectivity index (χ1n) is 23.6. The number of hydrogen-bond acceptors (Lipinski definition) is 16. The van der Waals surface area contributed by atoms with Gasteiger partial charge in [-0.1, -0.05) is 46.2 Å². The van der Waals surface area contributed by atoms with E-state index in [2.05, 4.69) is 65.1 Å². The summed E-state index contributed by atoms with van der Waals surface area (Å²) in [4.78, 5) is 152. The number of amides is 9. The predicted octanol–water partition coefficient (Wildman–Crippen LogP) is -3.65. The quantitative estimate of drug-likeness (QED) is 0.0314. The largest absolute Gasteiger partial charge is 0.508 e. The van der Waals surface area contributed by atoms with Gasteiger partial charge in [0.15, 0.2) is 0 Å². The number of aliphatic hydroxyl groups is 1. The van der Waals surface area contributed by atoms with Gasteiger partial charge in [-0.2, -0.15) is 12.6 Å². The Labute approximate surface area is 432 Å². The van der Waals surface area contributed by atoms with E-state index in [0.717, 1.165) is 6.92 Å². The number of primary amides is 1. The van der Waals surface area contributed by atoms with Crippen LogP contribution >= 0.6 is 12.6 Å². The SMILES string of the molecule is CC[C@H](C)[C@H](NC(=O)[C@@H](N)CS)C(=O)N[C@@H](C)C(=O)N[C@@H](CCC(=O)O)C(=O)N[C@@H](CCC(N)=O)C(=O)N[C@@H](Cc1ccc(O)cc1)C(=O)N[C@@H](Cc1cnc[nH]1)C(=O)N[C@H](C(=O)N[C@H](C(=O)O)C(C)C)[C@@H](C)O. The minimum absolute atomic E-state index is 0.0241. The van der Waals surface area contributed by atoms with Crippen molar-refractivity contribution >= 4 is 77.7 Å². The highest BCUT2D eigenvalue weighted by atomic mass is 32.1. The molecule has 0 unspecified atom stereocenters. The Morgan fingerprint density at radius 1 is 0.635 bits per heavy atom. The third-order valence-electron chi connectivity index (χ3n) is 11.6. The third-order valence-corrected chi connectivity index (χ3v) is 12.0. The number of carbonyl (C=O) groups is 11. The molecule has 0 fully saturated rings. The lowest BCUT2D eigenvalue weighted by Crippen LogP contribution is -2.62. The molecule has 0 aliphatic heterocycles. The maximum absolute atomic E-state index is 14.4. The number of carbonyl (C=O) groups excluding carboxylic acids is 9. The molecular weight excluding hydrogens is 993 g/mol. The molecule has 0 saturated carbocycles. The van der Waals surface area contributed by atoms with E-state index in [9.17, 15) is 73.2 Å². The predicted molar refractivity (Wildman–Crippen MR) is 266 cm³/mol. The number of benzene rings is 1. The van der Waals surface area contributed by atoms with Gasteiger partial charge in [0.25, 0.3) is 0 Å². The van der Waals surface area contributed by atoms with Crippen LogP contribution in [0.3, 0.4) is 0 Å². The number of aliphatic carboxylic acids is 2. The topological polar surface area (TPSA) is 446 Å². The van der Waals surface area contributed by atoms with Gasteiger partial charge in [0.2, 0.25) is 53.2 Å². The Hall–Kier alpha value is -7.33. The molecule has 0 aliphatic rings. The molecule has 0 bridgehead atoms. The summed E-state index contributed by atoms with van der Waals surface area (Å²) in [6.07, 6.45) is -1.49. The second-order valence-electron chi connectivity index (χ2n) is 18.0. The van der Waals surface area contributed by atoms with E-state index >= 15 is 0 Å². The number of thiol groups is 1. The number of carboxylic acid groups (broad SMARTS) is 2. The molecule has 74 heavy (non-hydrogen) atoms. The van der Waals surface area contributed by atoms with Gasteiger partial charge in [0, 0.05) is 43.3 Å². The number of rotatable bonds is 32. The van der Waals surface area contributed by atoms with E-state index in [1.54, 1.807) is 13.8 Å². The highest BCUT2D eigenvalue weighted by molar-refractivity contribution is 7.80. The van der Waals surface area contributed by atoms with Crippen molar-refractivity contribution in [3.05, 3.63) is 48.0 Å². The number of aliphatic hydroxyl groups excluding tert-OH is 1. The van der Waals surface area contributed by atoms with Crippen LogP contribution in [0.1, 0.15) is 84.9 Å². The maximum Gasteiger partial charge on any atom is 0.326 e. The summed E-state index contributed by atoms with van der Waals surface area (Å²) in [5.41, 5.74) is 11.8. The molecule has 1 aromatic carbocycles. The lowest BCUT2D eigenvalue weighted by Gasteiger charge is -2.28.